The summed E-state index contributed by atoms with van der Waals surface area (Å²) in [5.41, 5.74) is 1.94. The Kier molecular flexibility index (Phi) is 9.04. The topological polar surface area (TPSA) is 73.3 Å². The number of rotatable bonds is 10. The minimum Gasteiger partial charge on any atom is -0.508 e. The number of ether oxygens (including phenoxy) is 1. The Bertz CT molecular complexity index is 1110. The zero-order valence-electron chi connectivity index (χ0n) is 21.4. The Balaban J connectivity index is 1.44. The van der Waals surface area contributed by atoms with E-state index in [9.17, 15) is 13.5 Å². The Hall–Kier alpha value is -1.59. The molecule has 1 saturated heterocycles. The van der Waals surface area contributed by atoms with E-state index in [1.54, 1.807) is 59.2 Å². The van der Waals surface area contributed by atoms with Gasteiger partial charge < -0.3 is 14.7 Å². The van der Waals surface area contributed by atoms with Crippen LogP contribution in [0.5, 0.6) is 11.5 Å². The fourth-order valence-electron chi connectivity index (χ4n) is 5.11. The second-order valence-electron chi connectivity index (χ2n) is 8.99. The quantitative estimate of drug-likeness (QED) is 0.439. The normalized spacial score (nSPS) is 19.7. The Morgan fingerprint density at radius 3 is 2.25 bits per heavy atom. The van der Waals surface area contributed by atoms with Crippen molar-refractivity contribution in [3.8, 4) is 11.5 Å². The molecule has 1 fully saturated rings. The molecule has 0 radical (unpaired) electrons. The lowest BCUT2D eigenvalue weighted by Gasteiger charge is -2.43. The maximum absolute atomic E-state index is 13.7. The summed E-state index contributed by atoms with van der Waals surface area (Å²) in [6.07, 6.45) is 0.793. The molecule has 0 unspecified atom stereocenters. The number of fused-ring (bicyclic) bond motifs is 1. The van der Waals surface area contributed by atoms with Crippen molar-refractivity contribution in [2.45, 2.75) is 29.2 Å². The monoisotopic (exact) mass is 551 g/mol. The van der Waals surface area contributed by atoms with Gasteiger partial charge in [-0.3, -0.25) is 4.90 Å². The average molecular weight is 552 g/mol. The molecular weight excluding hydrogens is 515 g/mol. The van der Waals surface area contributed by atoms with Crippen molar-refractivity contribution < 1.29 is 18.3 Å². The molecule has 0 spiro atoms. The molecule has 0 atom stereocenters. The first-order chi connectivity index (χ1) is 17.3. The molecule has 2 heterocycles. The third-order valence-corrected chi connectivity index (χ3v) is 11.6. The summed E-state index contributed by atoms with van der Waals surface area (Å²) in [6, 6.07) is 12.8. The van der Waals surface area contributed by atoms with E-state index in [1.165, 1.54) is 0 Å². The van der Waals surface area contributed by atoms with Crippen molar-refractivity contribution in [2.75, 3.05) is 69.3 Å². The highest BCUT2D eigenvalue weighted by Crippen LogP contribution is 2.55. The van der Waals surface area contributed by atoms with Crippen molar-refractivity contribution in [2.24, 2.45) is 0 Å². The van der Waals surface area contributed by atoms with Crippen LogP contribution in [0, 0.1) is 0 Å². The SMILES string of the molecule is CCSC1(SCC)CN(CCCN2CCN(c3ccc(O)cc3)CC2)S(=O)(=O)c2cccc(OC)c21. The van der Waals surface area contributed by atoms with Crippen LogP contribution < -0.4 is 9.64 Å². The first kappa shape index (κ1) is 27.4. The van der Waals surface area contributed by atoms with Crippen molar-refractivity contribution in [3.63, 3.8) is 0 Å². The molecule has 0 saturated carbocycles. The first-order valence-corrected chi connectivity index (χ1v) is 16.0. The average Bonchev–Trinajstić information content (AvgIpc) is 2.88. The maximum atomic E-state index is 13.7. The predicted molar refractivity (Wildman–Crippen MR) is 151 cm³/mol. The van der Waals surface area contributed by atoms with Gasteiger partial charge in [-0.25, -0.2) is 8.42 Å². The van der Waals surface area contributed by atoms with E-state index in [0.717, 1.165) is 61.9 Å². The minimum absolute atomic E-state index is 0.282. The molecule has 2 aromatic carbocycles. The number of methoxy groups -OCH3 is 1. The molecule has 0 aromatic heterocycles. The van der Waals surface area contributed by atoms with Gasteiger partial charge in [-0.05, 0) is 60.9 Å². The van der Waals surface area contributed by atoms with Crippen LogP contribution in [0.2, 0.25) is 0 Å². The van der Waals surface area contributed by atoms with Crippen LogP contribution in [0.3, 0.4) is 0 Å². The van der Waals surface area contributed by atoms with Gasteiger partial charge in [0.05, 0.1) is 12.0 Å². The highest BCUT2D eigenvalue weighted by molar-refractivity contribution is 8.17. The van der Waals surface area contributed by atoms with Gasteiger partial charge in [0.15, 0.2) is 0 Å². The number of phenolic OH excluding ortho intramolecular Hbond substituents is 1. The van der Waals surface area contributed by atoms with Crippen molar-refractivity contribution in [1.82, 2.24) is 9.21 Å². The zero-order valence-corrected chi connectivity index (χ0v) is 23.8. The number of phenols is 1. The van der Waals surface area contributed by atoms with Crippen molar-refractivity contribution >= 4 is 39.2 Å². The number of sulfonamides is 1. The summed E-state index contributed by atoms with van der Waals surface area (Å²) in [5, 5.41) is 9.53. The van der Waals surface area contributed by atoms with Crippen LogP contribution in [-0.4, -0.2) is 87.2 Å². The van der Waals surface area contributed by atoms with Gasteiger partial charge in [-0.15, -0.1) is 23.5 Å². The highest BCUT2D eigenvalue weighted by atomic mass is 32.2. The van der Waals surface area contributed by atoms with Gasteiger partial charge in [0, 0.05) is 50.5 Å². The van der Waals surface area contributed by atoms with Crippen LogP contribution in [0.1, 0.15) is 25.8 Å². The summed E-state index contributed by atoms with van der Waals surface area (Å²) in [6.45, 7) is 9.81. The fraction of sp³-hybridized carbons (Fsp3) is 0.538. The first-order valence-electron chi connectivity index (χ1n) is 12.6. The zero-order chi connectivity index (χ0) is 25.8. The number of hydrogen-bond donors (Lipinski definition) is 1. The molecule has 0 amide bonds. The molecule has 10 heteroatoms. The van der Waals surface area contributed by atoms with E-state index in [1.807, 2.05) is 18.2 Å². The summed E-state index contributed by atoms with van der Waals surface area (Å²) in [5.74, 6) is 2.72. The van der Waals surface area contributed by atoms with Gasteiger partial charge >= 0.3 is 0 Å². The largest absolute Gasteiger partial charge is 0.508 e. The molecule has 2 aromatic rings. The molecule has 0 bridgehead atoms. The summed E-state index contributed by atoms with van der Waals surface area (Å²) in [7, 11) is -1.98. The molecule has 198 valence electrons. The number of hydrogen-bond acceptors (Lipinski definition) is 8. The highest BCUT2D eigenvalue weighted by Gasteiger charge is 2.48. The third kappa shape index (κ3) is 5.62. The number of benzene rings is 2. The Morgan fingerprint density at radius 2 is 1.64 bits per heavy atom. The lowest BCUT2D eigenvalue weighted by Crippen LogP contribution is -2.49. The van der Waals surface area contributed by atoms with Crippen LogP contribution in [-0.2, 0) is 14.1 Å². The van der Waals surface area contributed by atoms with E-state index < -0.39 is 10.0 Å². The molecule has 7 nitrogen and oxygen atoms in total. The number of nitrogens with zero attached hydrogens (tertiary/aromatic N) is 3. The van der Waals surface area contributed by atoms with Crippen molar-refractivity contribution in [1.29, 1.82) is 0 Å². The van der Waals surface area contributed by atoms with Gasteiger partial charge in [0.25, 0.3) is 0 Å². The molecule has 1 N–H and O–H groups in total. The van der Waals surface area contributed by atoms with Crippen LogP contribution in [0.15, 0.2) is 47.4 Å². The van der Waals surface area contributed by atoms with Crippen LogP contribution in [0.4, 0.5) is 5.69 Å². The summed E-state index contributed by atoms with van der Waals surface area (Å²) in [4.78, 5) is 5.13. The van der Waals surface area contributed by atoms with Gasteiger partial charge in [0.1, 0.15) is 15.6 Å². The summed E-state index contributed by atoms with van der Waals surface area (Å²) < 4.78 is 34.4. The smallest absolute Gasteiger partial charge is 0.243 e. The second kappa shape index (κ2) is 11.9. The van der Waals surface area contributed by atoms with Gasteiger partial charge in [-0.1, -0.05) is 19.9 Å². The number of aromatic hydroxyl groups is 1. The molecule has 2 aliphatic heterocycles. The minimum atomic E-state index is -3.59. The van der Waals surface area contributed by atoms with Crippen LogP contribution in [0.25, 0.3) is 0 Å². The lowest BCUT2D eigenvalue weighted by molar-refractivity contribution is 0.244. The fourth-order valence-corrected chi connectivity index (χ4v) is 10.4. The van der Waals surface area contributed by atoms with E-state index in [-0.39, 0.29) is 9.83 Å². The molecule has 2 aliphatic rings. The lowest BCUT2D eigenvalue weighted by atomic mass is 10.1. The Morgan fingerprint density at radius 1 is 0.972 bits per heavy atom. The molecule has 4 rings (SSSR count). The molecule has 0 aliphatic carbocycles. The van der Waals surface area contributed by atoms with Crippen molar-refractivity contribution in [3.05, 3.63) is 48.0 Å². The summed E-state index contributed by atoms with van der Waals surface area (Å²) >= 11 is 3.61. The number of thioether (sulfide) groups is 2. The Labute approximate surface area is 224 Å². The van der Waals surface area contributed by atoms with Crippen LogP contribution >= 0.6 is 23.5 Å². The molecular formula is C26H37N3O4S3. The van der Waals surface area contributed by atoms with E-state index >= 15 is 0 Å². The van der Waals surface area contributed by atoms with Gasteiger partial charge in [0.2, 0.25) is 10.0 Å². The standard InChI is InChI=1S/C26H37N3O4S3/c1-4-34-26(35-5-2)20-29(36(31,32)24-9-6-8-23(33-3)25(24)26)15-7-14-27-16-18-28(19-17-27)21-10-12-22(30)13-11-21/h6,8-13,30H,4-5,7,14-20H2,1-3H3. The predicted octanol–water partition coefficient (Wildman–Crippen LogP) is 4.28. The van der Waals surface area contributed by atoms with E-state index in [4.69, 9.17) is 4.74 Å². The van der Waals surface area contributed by atoms with E-state index in [0.29, 0.717) is 23.7 Å². The van der Waals surface area contributed by atoms with Gasteiger partial charge in [-0.2, -0.15) is 4.31 Å². The third-order valence-electron chi connectivity index (χ3n) is 6.82. The number of anilines is 1. The van der Waals surface area contributed by atoms with E-state index in [2.05, 4.69) is 23.6 Å². The maximum Gasteiger partial charge on any atom is 0.243 e. The number of piperazine rings is 1. The molecule has 36 heavy (non-hydrogen) atoms. The second-order valence-corrected chi connectivity index (χ2v) is 14.3.